The second-order valence-electron chi connectivity index (χ2n) is 7.07. The molecule has 9 heteroatoms. The number of hydrogen-bond donors (Lipinski definition) is 3. The number of nitrogens with two attached hydrogens (primary N) is 1. The highest BCUT2D eigenvalue weighted by Gasteiger charge is 2.21. The first-order chi connectivity index (χ1) is 16.0. The van der Waals surface area contributed by atoms with Crippen LogP contribution < -0.4 is 16.4 Å². The topological polar surface area (TPSA) is 127 Å². The average Bonchev–Trinajstić information content (AvgIpc) is 3.52. The van der Waals surface area contributed by atoms with Crippen molar-refractivity contribution >= 4 is 29.1 Å². The van der Waals surface area contributed by atoms with E-state index >= 15 is 0 Å². The Kier molecular flexibility index (Phi) is 6.61. The van der Waals surface area contributed by atoms with E-state index in [0.29, 0.717) is 26.9 Å². The van der Waals surface area contributed by atoms with Crippen LogP contribution in [0, 0.1) is 0 Å². The van der Waals surface area contributed by atoms with Gasteiger partial charge in [-0.2, -0.15) is 0 Å². The fourth-order valence-corrected chi connectivity index (χ4v) is 4.05. The highest BCUT2D eigenvalue weighted by molar-refractivity contribution is 7.17. The molecule has 0 unspecified atom stereocenters. The zero-order chi connectivity index (χ0) is 23.2. The van der Waals surface area contributed by atoms with Crippen LogP contribution in [0.4, 0.5) is 0 Å². The molecule has 166 valence electrons. The fraction of sp³-hybridized carbons (Fsp3) is 0.0833. The number of amides is 3. The summed E-state index contributed by atoms with van der Waals surface area (Å²) in [6.07, 6.45) is 1.57. The van der Waals surface area contributed by atoms with Crippen molar-refractivity contribution in [1.29, 1.82) is 0 Å². The van der Waals surface area contributed by atoms with Crippen LogP contribution >= 0.6 is 11.3 Å². The van der Waals surface area contributed by atoms with Crippen molar-refractivity contribution in [3.05, 3.63) is 89.0 Å². The number of carbonyl (C=O) groups excluding carboxylic acids is 3. The van der Waals surface area contributed by atoms with Crippen molar-refractivity contribution in [2.75, 3.05) is 6.54 Å². The number of rotatable bonds is 8. The Labute approximate surface area is 193 Å². The zero-order valence-electron chi connectivity index (χ0n) is 17.4. The van der Waals surface area contributed by atoms with Gasteiger partial charge in [0.15, 0.2) is 10.8 Å². The van der Waals surface area contributed by atoms with E-state index in [-0.39, 0.29) is 19.0 Å². The van der Waals surface area contributed by atoms with Crippen molar-refractivity contribution in [2.45, 2.75) is 6.54 Å². The summed E-state index contributed by atoms with van der Waals surface area (Å²) in [5.41, 5.74) is 7.66. The molecule has 0 spiro atoms. The number of primary amides is 1. The molecular formula is C24H20N4O4S. The first-order valence-electron chi connectivity index (χ1n) is 10.0. The third kappa shape index (κ3) is 5.34. The lowest BCUT2D eigenvalue weighted by atomic mass is 10.1. The predicted molar refractivity (Wildman–Crippen MR) is 124 cm³/mol. The molecule has 2 heterocycles. The Morgan fingerprint density at radius 3 is 2.33 bits per heavy atom. The fourth-order valence-electron chi connectivity index (χ4n) is 3.08. The summed E-state index contributed by atoms with van der Waals surface area (Å²) in [6, 6.07) is 19.8. The number of aromatic nitrogens is 1. The lowest BCUT2D eigenvalue weighted by Crippen LogP contribution is -2.33. The maximum absolute atomic E-state index is 13.0. The van der Waals surface area contributed by atoms with Crippen LogP contribution in [0.3, 0.4) is 0 Å². The average molecular weight is 461 g/mol. The first kappa shape index (κ1) is 22.0. The van der Waals surface area contributed by atoms with E-state index in [0.717, 1.165) is 11.1 Å². The van der Waals surface area contributed by atoms with Gasteiger partial charge < -0.3 is 20.8 Å². The molecule has 0 aliphatic rings. The molecule has 0 aliphatic carbocycles. The van der Waals surface area contributed by atoms with Crippen LogP contribution in [-0.4, -0.2) is 29.3 Å². The summed E-state index contributed by atoms with van der Waals surface area (Å²) in [7, 11) is 0. The molecule has 0 fully saturated rings. The van der Waals surface area contributed by atoms with E-state index in [9.17, 15) is 14.4 Å². The van der Waals surface area contributed by atoms with Gasteiger partial charge in [-0.1, -0.05) is 42.5 Å². The number of nitrogens with one attached hydrogen (secondary N) is 2. The largest absolute Gasteiger partial charge is 0.462 e. The van der Waals surface area contributed by atoms with Crippen LogP contribution in [0.25, 0.3) is 22.0 Å². The number of nitrogens with zero attached hydrogens (tertiary/aromatic N) is 1. The van der Waals surface area contributed by atoms with E-state index < -0.39 is 11.8 Å². The van der Waals surface area contributed by atoms with Gasteiger partial charge in [-0.3, -0.25) is 14.4 Å². The van der Waals surface area contributed by atoms with Gasteiger partial charge in [0, 0.05) is 17.7 Å². The van der Waals surface area contributed by atoms with Crippen molar-refractivity contribution < 1.29 is 18.8 Å². The number of carbonyl (C=O) groups is 3. The first-order valence-corrected chi connectivity index (χ1v) is 10.9. The zero-order valence-corrected chi connectivity index (χ0v) is 18.2. The lowest BCUT2D eigenvalue weighted by Gasteiger charge is -2.07. The minimum atomic E-state index is -0.615. The van der Waals surface area contributed by atoms with E-state index in [4.69, 9.17) is 10.2 Å². The third-order valence-corrected chi connectivity index (χ3v) is 5.77. The minimum Gasteiger partial charge on any atom is -0.462 e. The Morgan fingerprint density at radius 2 is 1.67 bits per heavy atom. The number of hydrogen-bond acceptors (Lipinski definition) is 6. The third-order valence-electron chi connectivity index (χ3n) is 4.70. The Bertz CT molecular complexity index is 1270. The quantitative estimate of drug-likeness (QED) is 0.372. The van der Waals surface area contributed by atoms with Gasteiger partial charge in [0.25, 0.3) is 11.8 Å². The van der Waals surface area contributed by atoms with E-state index in [1.165, 1.54) is 11.3 Å². The molecule has 3 amide bonds. The second kappa shape index (κ2) is 9.92. The van der Waals surface area contributed by atoms with E-state index in [1.807, 2.05) is 30.3 Å². The summed E-state index contributed by atoms with van der Waals surface area (Å²) in [6.45, 7) is 0.0411. The second-order valence-corrected chi connectivity index (χ2v) is 8.07. The molecule has 0 radical (unpaired) electrons. The standard InChI is InChI=1S/C24H20N4O4S/c25-19(29)14-27-22(30)17-10-8-15(9-11-17)13-26-23(31)21-20(16-5-2-1-3-6-16)28-24(33-21)18-7-4-12-32-18/h1-12H,13-14H2,(H2,25,29)(H,26,31)(H,27,30). The molecule has 4 N–H and O–H groups in total. The number of benzene rings is 2. The van der Waals surface area contributed by atoms with Gasteiger partial charge in [0.05, 0.1) is 18.5 Å². The Morgan fingerprint density at radius 1 is 0.909 bits per heavy atom. The molecule has 4 rings (SSSR count). The summed E-state index contributed by atoms with van der Waals surface area (Å²) in [4.78, 5) is 40.9. The number of thiazole rings is 1. The van der Waals surface area contributed by atoms with Gasteiger partial charge in [0.2, 0.25) is 5.91 Å². The van der Waals surface area contributed by atoms with Crippen molar-refractivity contribution in [1.82, 2.24) is 15.6 Å². The van der Waals surface area contributed by atoms with Crippen LogP contribution in [0.5, 0.6) is 0 Å². The molecule has 33 heavy (non-hydrogen) atoms. The highest BCUT2D eigenvalue weighted by Crippen LogP contribution is 2.34. The SMILES string of the molecule is NC(=O)CNC(=O)c1ccc(CNC(=O)c2sc(-c3ccco3)nc2-c2ccccc2)cc1. The maximum Gasteiger partial charge on any atom is 0.263 e. The van der Waals surface area contributed by atoms with Gasteiger partial charge in [-0.25, -0.2) is 4.98 Å². The molecule has 0 saturated carbocycles. The van der Waals surface area contributed by atoms with Crippen LogP contribution in [0.15, 0.2) is 77.4 Å². The van der Waals surface area contributed by atoms with E-state index in [1.54, 1.807) is 42.7 Å². The monoisotopic (exact) mass is 460 g/mol. The molecule has 8 nitrogen and oxygen atoms in total. The Hall–Kier alpha value is -4.24. The van der Waals surface area contributed by atoms with Crippen LogP contribution in [-0.2, 0) is 11.3 Å². The molecule has 0 aliphatic heterocycles. The minimum absolute atomic E-state index is 0.227. The molecule has 0 saturated heterocycles. The van der Waals surface area contributed by atoms with Crippen molar-refractivity contribution in [3.8, 4) is 22.0 Å². The summed E-state index contributed by atoms with van der Waals surface area (Å²) < 4.78 is 5.45. The predicted octanol–water partition coefficient (Wildman–Crippen LogP) is 3.22. The lowest BCUT2D eigenvalue weighted by molar-refractivity contribution is -0.117. The maximum atomic E-state index is 13.0. The summed E-state index contributed by atoms with van der Waals surface area (Å²) in [5.74, 6) is -0.670. The van der Waals surface area contributed by atoms with Gasteiger partial charge in [0.1, 0.15) is 4.88 Å². The van der Waals surface area contributed by atoms with Crippen LogP contribution in [0.2, 0.25) is 0 Å². The molecule has 2 aromatic heterocycles. The molecule has 0 bridgehead atoms. The normalized spacial score (nSPS) is 10.5. The smallest absolute Gasteiger partial charge is 0.263 e. The Balaban J connectivity index is 1.48. The van der Waals surface area contributed by atoms with Gasteiger partial charge >= 0.3 is 0 Å². The number of furan rings is 1. The molecule has 0 atom stereocenters. The molecule has 4 aromatic rings. The van der Waals surface area contributed by atoms with Gasteiger partial charge in [-0.15, -0.1) is 11.3 Å². The van der Waals surface area contributed by atoms with E-state index in [2.05, 4.69) is 15.6 Å². The van der Waals surface area contributed by atoms with Crippen LogP contribution in [0.1, 0.15) is 25.6 Å². The van der Waals surface area contributed by atoms with Gasteiger partial charge in [-0.05, 0) is 29.8 Å². The van der Waals surface area contributed by atoms with Crippen molar-refractivity contribution in [3.63, 3.8) is 0 Å². The molecular weight excluding hydrogens is 440 g/mol. The van der Waals surface area contributed by atoms with Crippen molar-refractivity contribution in [2.24, 2.45) is 5.73 Å². The molecule has 2 aromatic carbocycles. The highest BCUT2D eigenvalue weighted by atomic mass is 32.1. The summed E-state index contributed by atoms with van der Waals surface area (Å²) >= 11 is 1.26. The summed E-state index contributed by atoms with van der Waals surface area (Å²) in [5, 5.41) is 5.96.